The van der Waals surface area contributed by atoms with E-state index in [4.69, 9.17) is 5.73 Å². The fourth-order valence-electron chi connectivity index (χ4n) is 1.91. The molecule has 22 heavy (non-hydrogen) atoms. The second-order valence-electron chi connectivity index (χ2n) is 3.97. The number of nitrogen functional groups attached to an aromatic ring is 1. The number of halogens is 2. The molecule has 3 rings (SSSR count). The third kappa shape index (κ3) is 3.42. The maximum absolute atomic E-state index is 13.9. The van der Waals surface area contributed by atoms with E-state index in [1.807, 2.05) is 27.7 Å². The summed E-state index contributed by atoms with van der Waals surface area (Å²) >= 11 is 0. The third-order valence-corrected chi connectivity index (χ3v) is 2.81. The molecule has 0 amide bonds. The van der Waals surface area contributed by atoms with Crippen molar-refractivity contribution >= 4 is 16.7 Å². The molecule has 118 valence electrons. The third-order valence-electron chi connectivity index (χ3n) is 2.81. The Morgan fingerprint density at radius 3 is 2.41 bits per heavy atom. The van der Waals surface area contributed by atoms with Crippen molar-refractivity contribution in [3.8, 4) is 11.1 Å². The number of hydrogen-bond donors (Lipinski definition) is 2. The van der Waals surface area contributed by atoms with Crippen molar-refractivity contribution in [2.45, 2.75) is 27.7 Å². The Labute approximate surface area is 129 Å². The Balaban J connectivity index is 0.000000561. The van der Waals surface area contributed by atoms with Crippen LogP contribution in [0.5, 0.6) is 0 Å². The van der Waals surface area contributed by atoms with E-state index in [0.717, 1.165) is 11.5 Å². The molecular formula is C17H21F2N3. The maximum Gasteiger partial charge on any atom is 0.156 e. The van der Waals surface area contributed by atoms with Gasteiger partial charge >= 0.3 is 0 Å². The molecule has 5 heteroatoms. The fourth-order valence-corrected chi connectivity index (χ4v) is 1.91. The summed E-state index contributed by atoms with van der Waals surface area (Å²) in [6.45, 7) is 8.00. The van der Waals surface area contributed by atoms with E-state index in [9.17, 15) is 8.78 Å². The summed E-state index contributed by atoms with van der Waals surface area (Å²) in [6.07, 6.45) is 3.13. The molecule has 2 aromatic heterocycles. The summed E-state index contributed by atoms with van der Waals surface area (Å²) in [7, 11) is 0. The lowest BCUT2D eigenvalue weighted by Gasteiger charge is -2.07. The first-order valence-electron chi connectivity index (χ1n) is 7.34. The van der Waals surface area contributed by atoms with Crippen LogP contribution in [0.4, 0.5) is 14.5 Å². The van der Waals surface area contributed by atoms with Gasteiger partial charge in [-0.2, -0.15) is 0 Å². The Kier molecular flexibility index (Phi) is 6.50. The number of H-pyrrole nitrogens is 1. The van der Waals surface area contributed by atoms with Gasteiger partial charge in [0.05, 0.1) is 11.3 Å². The van der Waals surface area contributed by atoms with E-state index in [1.165, 1.54) is 12.3 Å². The van der Waals surface area contributed by atoms with E-state index in [-0.39, 0.29) is 11.3 Å². The van der Waals surface area contributed by atoms with Gasteiger partial charge in [0.15, 0.2) is 5.82 Å². The van der Waals surface area contributed by atoms with Gasteiger partial charge in [-0.25, -0.2) is 13.8 Å². The Morgan fingerprint density at radius 2 is 1.73 bits per heavy atom. The van der Waals surface area contributed by atoms with Gasteiger partial charge in [-0.05, 0) is 24.3 Å². The number of nitrogens with zero attached hydrogens (tertiary/aromatic N) is 1. The molecular weight excluding hydrogens is 284 g/mol. The number of benzene rings is 1. The molecule has 0 aliphatic carbocycles. The molecule has 0 bridgehead atoms. The second-order valence-corrected chi connectivity index (χ2v) is 3.97. The second kappa shape index (κ2) is 8.12. The molecule has 0 saturated carbocycles. The molecule has 2 heterocycles. The summed E-state index contributed by atoms with van der Waals surface area (Å²) in [5.41, 5.74) is 6.26. The number of nitrogens with one attached hydrogen (secondary N) is 1. The first-order chi connectivity index (χ1) is 10.7. The topological polar surface area (TPSA) is 54.7 Å². The lowest BCUT2D eigenvalue weighted by atomic mass is 10.0. The Bertz CT molecular complexity index is 736. The van der Waals surface area contributed by atoms with Gasteiger partial charge in [0.2, 0.25) is 0 Å². The minimum absolute atomic E-state index is 0.0828. The Morgan fingerprint density at radius 1 is 1.05 bits per heavy atom. The van der Waals surface area contributed by atoms with Crippen molar-refractivity contribution < 1.29 is 8.78 Å². The average molecular weight is 305 g/mol. The van der Waals surface area contributed by atoms with Crippen molar-refractivity contribution in [2.24, 2.45) is 0 Å². The Hall–Kier alpha value is -2.43. The van der Waals surface area contributed by atoms with Crippen LogP contribution in [0.15, 0.2) is 36.7 Å². The van der Waals surface area contributed by atoms with Crippen LogP contribution in [-0.2, 0) is 0 Å². The lowest BCUT2D eigenvalue weighted by Crippen LogP contribution is -1.97. The molecule has 3 N–H and O–H groups in total. The number of hydrogen-bond acceptors (Lipinski definition) is 2. The average Bonchev–Trinajstić information content (AvgIpc) is 3.03. The monoisotopic (exact) mass is 305 g/mol. The smallest absolute Gasteiger partial charge is 0.156 e. The maximum atomic E-state index is 13.9. The van der Waals surface area contributed by atoms with Crippen LogP contribution in [0.1, 0.15) is 27.7 Å². The quantitative estimate of drug-likeness (QED) is 0.611. The highest BCUT2D eigenvalue weighted by atomic mass is 19.1. The van der Waals surface area contributed by atoms with Crippen molar-refractivity contribution in [1.82, 2.24) is 9.97 Å². The first-order valence-corrected chi connectivity index (χ1v) is 7.34. The molecule has 0 unspecified atom stereocenters. The number of aromatic nitrogens is 2. The molecule has 0 radical (unpaired) electrons. The largest absolute Gasteiger partial charge is 0.396 e. The van der Waals surface area contributed by atoms with Gasteiger partial charge in [0.1, 0.15) is 11.5 Å². The molecule has 0 atom stereocenters. The van der Waals surface area contributed by atoms with Crippen molar-refractivity contribution in [3.63, 3.8) is 0 Å². The summed E-state index contributed by atoms with van der Waals surface area (Å²) in [5, 5.41) is 0.786. The highest BCUT2D eigenvalue weighted by Crippen LogP contribution is 2.30. The standard InChI is InChI=1S/C13H9F2N3.2C2H6/c14-9-1-2-10(16)12(15)11(9)8-5-7-3-4-17-13(7)18-6-8;2*1-2/h1-6H,16H2,(H,17,18);2*1-2H3. The SMILES string of the molecule is CC.CC.Nc1ccc(F)c(-c2cnc3[nH]ccc3c2)c1F. The van der Waals surface area contributed by atoms with E-state index in [1.54, 1.807) is 18.3 Å². The lowest BCUT2D eigenvalue weighted by molar-refractivity contribution is 0.592. The molecule has 0 aliphatic heterocycles. The zero-order chi connectivity index (χ0) is 16.7. The predicted octanol–water partition coefficient (Wildman–Crippen LogP) is 5.14. The zero-order valence-corrected chi connectivity index (χ0v) is 13.2. The summed E-state index contributed by atoms with van der Waals surface area (Å²) < 4.78 is 27.6. The van der Waals surface area contributed by atoms with Crippen LogP contribution in [0.2, 0.25) is 0 Å². The van der Waals surface area contributed by atoms with Crippen molar-refractivity contribution in [3.05, 3.63) is 48.3 Å². The van der Waals surface area contributed by atoms with Gasteiger partial charge in [-0.15, -0.1) is 0 Å². The van der Waals surface area contributed by atoms with Crippen molar-refractivity contribution in [2.75, 3.05) is 5.73 Å². The number of anilines is 1. The van der Waals surface area contributed by atoms with Crippen LogP contribution in [0.3, 0.4) is 0 Å². The fraction of sp³-hybridized carbons (Fsp3) is 0.235. The number of fused-ring (bicyclic) bond motifs is 1. The minimum atomic E-state index is -0.758. The molecule has 0 saturated heterocycles. The molecule has 3 nitrogen and oxygen atoms in total. The number of aromatic amines is 1. The summed E-state index contributed by atoms with van der Waals surface area (Å²) in [4.78, 5) is 7.02. The van der Waals surface area contributed by atoms with Crippen LogP contribution in [0, 0.1) is 11.6 Å². The van der Waals surface area contributed by atoms with Gasteiger partial charge in [-0.1, -0.05) is 27.7 Å². The van der Waals surface area contributed by atoms with Gasteiger partial charge in [0.25, 0.3) is 0 Å². The van der Waals surface area contributed by atoms with Crippen LogP contribution < -0.4 is 5.73 Å². The number of pyridine rings is 1. The molecule has 1 aromatic carbocycles. The first kappa shape index (κ1) is 17.6. The summed E-state index contributed by atoms with van der Waals surface area (Å²) in [6, 6.07) is 5.80. The van der Waals surface area contributed by atoms with E-state index in [2.05, 4.69) is 9.97 Å². The number of nitrogens with two attached hydrogens (primary N) is 1. The number of rotatable bonds is 1. The molecule has 0 aliphatic rings. The van der Waals surface area contributed by atoms with Crippen molar-refractivity contribution in [1.29, 1.82) is 0 Å². The van der Waals surface area contributed by atoms with Crippen LogP contribution in [-0.4, -0.2) is 9.97 Å². The van der Waals surface area contributed by atoms with E-state index in [0.29, 0.717) is 11.2 Å². The normalized spacial score (nSPS) is 9.55. The molecule has 0 fully saturated rings. The van der Waals surface area contributed by atoms with Gasteiger partial charge < -0.3 is 10.7 Å². The summed E-state index contributed by atoms with van der Waals surface area (Å²) in [5.74, 6) is -1.41. The predicted molar refractivity (Wildman–Crippen MR) is 88.6 cm³/mol. The molecule has 0 spiro atoms. The minimum Gasteiger partial charge on any atom is -0.396 e. The van der Waals surface area contributed by atoms with E-state index >= 15 is 0 Å². The van der Waals surface area contributed by atoms with Crippen LogP contribution in [0.25, 0.3) is 22.2 Å². The highest BCUT2D eigenvalue weighted by molar-refractivity contribution is 5.82. The van der Waals surface area contributed by atoms with E-state index < -0.39 is 11.6 Å². The van der Waals surface area contributed by atoms with Gasteiger partial charge in [0, 0.05) is 23.3 Å². The zero-order valence-electron chi connectivity index (χ0n) is 13.2. The van der Waals surface area contributed by atoms with Gasteiger partial charge in [-0.3, -0.25) is 0 Å². The van der Waals surface area contributed by atoms with Crippen LogP contribution >= 0.6 is 0 Å². The highest BCUT2D eigenvalue weighted by Gasteiger charge is 2.14. The molecule has 3 aromatic rings.